The molecule has 0 aliphatic heterocycles. The predicted octanol–water partition coefficient (Wildman–Crippen LogP) is 3.12. The minimum Gasteiger partial charge on any atom is -0.478 e. The smallest absolute Gasteiger partial charge is 0.339 e. The van der Waals surface area contributed by atoms with Gasteiger partial charge in [0.1, 0.15) is 0 Å². The largest absolute Gasteiger partial charge is 0.478 e. The van der Waals surface area contributed by atoms with Gasteiger partial charge in [-0.3, -0.25) is 0 Å². The summed E-state index contributed by atoms with van der Waals surface area (Å²) in [5.74, 6) is -0.0576. The number of rotatable bonds is 5. The van der Waals surface area contributed by atoms with Crippen LogP contribution in [0.15, 0.2) is 6.20 Å². The zero-order valence-corrected chi connectivity index (χ0v) is 14.8. The van der Waals surface area contributed by atoms with Gasteiger partial charge in [-0.25, -0.2) is 14.8 Å². The molecule has 1 saturated carbocycles. The van der Waals surface area contributed by atoms with E-state index in [0.29, 0.717) is 17.6 Å². The van der Waals surface area contributed by atoms with Crippen LogP contribution >= 0.6 is 0 Å². The van der Waals surface area contributed by atoms with Gasteiger partial charge in [0.25, 0.3) is 0 Å². The average Bonchev–Trinajstić information content (AvgIpc) is 2.40. The number of anilines is 1. The van der Waals surface area contributed by atoms with Gasteiger partial charge in [-0.05, 0) is 45.4 Å². The lowest BCUT2D eigenvalue weighted by molar-refractivity contribution is -0.185. The fraction of sp³-hybridized carbons (Fsp3) is 0.706. The molecule has 1 aromatic heterocycles. The van der Waals surface area contributed by atoms with Gasteiger partial charge in [0.2, 0.25) is 5.95 Å². The van der Waals surface area contributed by atoms with Crippen LogP contribution < -0.4 is 5.32 Å². The molecule has 6 nitrogen and oxygen atoms in total. The van der Waals surface area contributed by atoms with Crippen molar-refractivity contribution < 1.29 is 14.6 Å². The second-order valence-corrected chi connectivity index (χ2v) is 7.85. The van der Waals surface area contributed by atoms with Crippen LogP contribution in [0.25, 0.3) is 0 Å². The normalized spacial score (nSPS) is 23.2. The molecule has 1 fully saturated rings. The molecular formula is C17H27N3O3. The minimum absolute atomic E-state index is 0.0936. The number of carboxylic acids is 1. The quantitative estimate of drug-likeness (QED) is 0.867. The van der Waals surface area contributed by atoms with Gasteiger partial charge in [0, 0.05) is 12.7 Å². The highest BCUT2D eigenvalue weighted by molar-refractivity contribution is 5.88. The van der Waals surface area contributed by atoms with E-state index in [2.05, 4.69) is 49.9 Å². The maximum absolute atomic E-state index is 11.0. The van der Waals surface area contributed by atoms with Gasteiger partial charge in [-0.15, -0.1) is 0 Å². The van der Waals surface area contributed by atoms with Crippen LogP contribution in [-0.4, -0.2) is 39.3 Å². The van der Waals surface area contributed by atoms with Crippen molar-refractivity contribution in [1.29, 1.82) is 0 Å². The molecule has 1 heterocycles. The summed E-state index contributed by atoms with van der Waals surface area (Å²) in [5, 5.41) is 12.2. The van der Waals surface area contributed by atoms with Crippen molar-refractivity contribution >= 4 is 11.9 Å². The van der Waals surface area contributed by atoms with Crippen LogP contribution in [0.2, 0.25) is 0 Å². The van der Waals surface area contributed by atoms with E-state index in [-0.39, 0.29) is 22.7 Å². The third kappa shape index (κ3) is 3.99. The van der Waals surface area contributed by atoms with E-state index < -0.39 is 5.97 Å². The zero-order chi connectivity index (χ0) is 17.4. The number of aromatic carboxylic acids is 1. The monoisotopic (exact) mass is 321 g/mol. The highest BCUT2D eigenvalue weighted by Crippen LogP contribution is 2.49. The molecule has 0 aromatic carbocycles. The highest BCUT2D eigenvalue weighted by atomic mass is 16.5. The first-order chi connectivity index (χ1) is 10.5. The Labute approximate surface area is 137 Å². The fourth-order valence-corrected chi connectivity index (χ4v) is 2.92. The second-order valence-electron chi connectivity index (χ2n) is 7.85. The Bertz CT molecular complexity index is 593. The number of hydrogen-bond donors (Lipinski definition) is 2. The lowest BCUT2D eigenvalue weighted by atomic mass is 9.60. The number of carboxylic acid groups (broad SMARTS) is 1. The summed E-state index contributed by atoms with van der Waals surface area (Å²) in [6.07, 6.45) is 2.61. The fourth-order valence-electron chi connectivity index (χ4n) is 2.92. The van der Waals surface area contributed by atoms with E-state index >= 15 is 0 Å². The number of aryl methyl sites for hydroxylation is 1. The molecule has 128 valence electrons. The van der Waals surface area contributed by atoms with Crippen LogP contribution in [0.5, 0.6) is 0 Å². The number of hydrogen-bond acceptors (Lipinski definition) is 5. The van der Waals surface area contributed by atoms with Crippen LogP contribution in [0.1, 0.15) is 57.1 Å². The van der Waals surface area contributed by atoms with Crippen molar-refractivity contribution in [2.45, 2.75) is 59.7 Å². The number of aromatic nitrogens is 2. The number of nitrogens with zero attached hydrogens (tertiary/aromatic N) is 2. The summed E-state index contributed by atoms with van der Waals surface area (Å²) < 4.78 is 6.11. The van der Waals surface area contributed by atoms with Crippen molar-refractivity contribution in [3.05, 3.63) is 17.5 Å². The van der Waals surface area contributed by atoms with Gasteiger partial charge in [0.15, 0.2) is 0 Å². The molecule has 2 atom stereocenters. The minimum atomic E-state index is -1.00. The summed E-state index contributed by atoms with van der Waals surface area (Å²) in [4.78, 5) is 19.3. The summed E-state index contributed by atoms with van der Waals surface area (Å²) in [7, 11) is 0. The van der Waals surface area contributed by atoms with E-state index in [4.69, 9.17) is 9.84 Å². The number of ether oxygens (including phenoxy) is 1. The van der Waals surface area contributed by atoms with E-state index in [1.54, 1.807) is 6.92 Å². The molecular weight excluding hydrogens is 294 g/mol. The maximum Gasteiger partial charge on any atom is 0.339 e. The summed E-state index contributed by atoms with van der Waals surface area (Å²) >= 11 is 0. The molecule has 0 saturated heterocycles. The molecule has 0 spiro atoms. The third-order valence-electron chi connectivity index (χ3n) is 4.59. The highest BCUT2D eigenvalue weighted by Gasteiger charge is 2.49. The third-order valence-corrected chi connectivity index (χ3v) is 4.59. The van der Waals surface area contributed by atoms with E-state index in [1.165, 1.54) is 6.20 Å². The topological polar surface area (TPSA) is 84.3 Å². The molecule has 0 bridgehead atoms. The van der Waals surface area contributed by atoms with Crippen molar-refractivity contribution in [2.75, 3.05) is 11.9 Å². The SMILES string of the molecule is Cc1nc(NC[C@@H]2C[C@H](OC(C)(C)C)C2(C)C)ncc1C(=O)O. The van der Waals surface area contributed by atoms with E-state index in [9.17, 15) is 4.79 Å². The Morgan fingerprint density at radius 2 is 2.13 bits per heavy atom. The van der Waals surface area contributed by atoms with Crippen LogP contribution in [0, 0.1) is 18.3 Å². The van der Waals surface area contributed by atoms with E-state index in [0.717, 1.165) is 13.0 Å². The van der Waals surface area contributed by atoms with Crippen LogP contribution in [-0.2, 0) is 4.74 Å². The lowest BCUT2D eigenvalue weighted by Gasteiger charge is -2.53. The Balaban J connectivity index is 1.93. The first-order valence-corrected chi connectivity index (χ1v) is 7.99. The zero-order valence-electron chi connectivity index (χ0n) is 14.8. The van der Waals surface area contributed by atoms with Gasteiger partial charge < -0.3 is 15.2 Å². The number of nitrogens with one attached hydrogen (secondary N) is 1. The first kappa shape index (κ1) is 17.7. The molecule has 6 heteroatoms. The van der Waals surface area contributed by atoms with Gasteiger partial charge >= 0.3 is 5.97 Å². The average molecular weight is 321 g/mol. The molecule has 0 unspecified atom stereocenters. The van der Waals surface area contributed by atoms with Gasteiger partial charge in [-0.2, -0.15) is 0 Å². The number of carbonyl (C=O) groups is 1. The summed E-state index contributed by atoms with van der Waals surface area (Å²) in [6.45, 7) is 13.1. The molecule has 1 aliphatic carbocycles. The van der Waals surface area contributed by atoms with Gasteiger partial charge in [0.05, 0.1) is 23.0 Å². The summed E-state index contributed by atoms with van der Waals surface area (Å²) in [5.41, 5.74) is 0.568. The Morgan fingerprint density at radius 1 is 1.48 bits per heavy atom. The van der Waals surface area contributed by atoms with Crippen LogP contribution in [0.3, 0.4) is 0 Å². The van der Waals surface area contributed by atoms with Crippen molar-refractivity contribution in [1.82, 2.24) is 9.97 Å². The lowest BCUT2D eigenvalue weighted by Crippen LogP contribution is -2.55. The molecule has 2 rings (SSSR count). The van der Waals surface area contributed by atoms with Crippen LogP contribution in [0.4, 0.5) is 5.95 Å². The summed E-state index contributed by atoms with van der Waals surface area (Å²) in [6, 6.07) is 0. The molecule has 0 radical (unpaired) electrons. The van der Waals surface area contributed by atoms with Crippen molar-refractivity contribution in [3.63, 3.8) is 0 Å². The maximum atomic E-state index is 11.0. The molecule has 0 amide bonds. The Morgan fingerprint density at radius 3 is 2.61 bits per heavy atom. The molecule has 1 aliphatic rings. The van der Waals surface area contributed by atoms with E-state index in [1.807, 2.05) is 0 Å². The molecule has 1 aromatic rings. The standard InChI is InChI=1S/C17H27N3O3/c1-10-12(14(21)22)9-19-15(20-10)18-8-11-7-13(17(11,5)6)23-16(2,3)4/h9,11,13H,7-8H2,1-6H3,(H,21,22)(H,18,19,20)/t11-,13-/m0/s1. The predicted molar refractivity (Wildman–Crippen MR) is 88.7 cm³/mol. The Kier molecular flexibility index (Phi) is 4.66. The molecule has 23 heavy (non-hydrogen) atoms. The first-order valence-electron chi connectivity index (χ1n) is 7.99. The second kappa shape index (κ2) is 6.07. The van der Waals surface area contributed by atoms with Crippen molar-refractivity contribution in [3.8, 4) is 0 Å². The molecule has 2 N–H and O–H groups in total. The van der Waals surface area contributed by atoms with Crippen molar-refractivity contribution in [2.24, 2.45) is 11.3 Å². The van der Waals surface area contributed by atoms with Gasteiger partial charge in [-0.1, -0.05) is 13.8 Å². The Hall–Kier alpha value is -1.69.